The van der Waals surface area contributed by atoms with Gasteiger partial charge in [0.25, 0.3) is 0 Å². The van der Waals surface area contributed by atoms with Gasteiger partial charge in [0, 0.05) is 33.0 Å². The highest BCUT2D eigenvalue weighted by Crippen LogP contribution is 2.40. The van der Waals surface area contributed by atoms with Crippen LogP contribution in [0, 0.1) is 0 Å². The molecule has 55 heavy (non-hydrogen) atoms. The first kappa shape index (κ1) is 31.1. The fourth-order valence-corrected chi connectivity index (χ4v) is 7.81. The molecule has 11 aromatic rings. The zero-order chi connectivity index (χ0) is 36.3. The summed E-state index contributed by atoms with van der Waals surface area (Å²) in [6.45, 7) is 0. The fourth-order valence-electron chi connectivity index (χ4n) is 7.81. The van der Waals surface area contributed by atoms with Gasteiger partial charge in [-0.15, -0.1) is 0 Å². The summed E-state index contributed by atoms with van der Waals surface area (Å²) < 4.78 is 6.48. The predicted octanol–water partition coefficient (Wildman–Crippen LogP) is 13.0. The fraction of sp³-hybridized carbons (Fsp3) is 0. The van der Waals surface area contributed by atoms with Crippen LogP contribution in [0.15, 0.2) is 186 Å². The molecule has 0 spiro atoms. The maximum atomic E-state index is 6.48. The Balaban J connectivity index is 1.06. The Hall–Kier alpha value is -7.50. The summed E-state index contributed by atoms with van der Waals surface area (Å²) in [5.74, 6) is 1.80. The van der Waals surface area contributed by atoms with Gasteiger partial charge in [-0.3, -0.25) is 0 Å². The van der Waals surface area contributed by atoms with Gasteiger partial charge in [0.2, 0.25) is 0 Å². The quantitative estimate of drug-likeness (QED) is 0.167. The van der Waals surface area contributed by atoms with Crippen molar-refractivity contribution in [2.45, 2.75) is 0 Å². The van der Waals surface area contributed by atoms with E-state index in [1.807, 2.05) is 72.8 Å². The molecule has 0 N–H and O–H groups in total. The molecule has 5 heteroatoms. The molecule has 0 aliphatic heterocycles. The van der Waals surface area contributed by atoms with Crippen LogP contribution in [0.2, 0.25) is 0 Å². The average Bonchev–Trinajstić information content (AvgIpc) is 3.66. The van der Waals surface area contributed by atoms with Crippen LogP contribution in [0.1, 0.15) is 0 Å². The molecule has 0 bridgehead atoms. The van der Waals surface area contributed by atoms with E-state index in [4.69, 9.17) is 24.4 Å². The standard InChI is InChI=1S/C50H30N4O/c1-2-13-32(14-3-1)48-52-49(37-17-10-15-33(29-37)34-26-27-40-35(28-34)25-24-31-12-4-5-19-39(31)40)54-50(53-48)38-18-11-16-36(30-38)46-45-42-21-7-9-23-44(42)55-47(45)41-20-6-8-22-43(41)51-46/h1-30H. The van der Waals surface area contributed by atoms with Gasteiger partial charge in [-0.05, 0) is 69.1 Å². The van der Waals surface area contributed by atoms with E-state index in [2.05, 4.69) is 109 Å². The predicted molar refractivity (Wildman–Crippen MR) is 225 cm³/mol. The third-order valence-corrected chi connectivity index (χ3v) is 10.5. The summed E-state index contributed by atoms with van der Waals surface area (Å²) in [4.78, 5) is 20.5. The Morgan fingerprint density at radius 3 is 1.71 bits per heavy atom. The van der Waals surface area contributed by atoms with E-state index in [0.29, 0.717) is 17.5 Å². The van der Waals surface area contributed by atoms with Crippen molar-refractivity contribution in [3.05, 3.63) is 182 Å². The van der Waals surface area contributed by atoms with E-state index in [-0.39, 0.29) is 0 Å². The van der Waals surface area contributed by atoms with E-state index in [1.165, 1.54) is 21.5 Å². The van der Waals surface area contributed by atoms with Crippen molar-refractivity contribution in [1.82, 2.24) is 19.9 Å². The molecule has 256 valence electrons. The van der Waals surface area contributed by atoms with E-state index < -0.39 is 0 Å². The molecule has 5 nitrogen and oxygen atoms in total. The molecular formula is C50H30N4O. The largest absolute Gasteiger partial charge is 0.455 e. The Labute approximate surface area is 316 Å². The minimum atomic E-state index is 0.586. The van der Waals surface area contributed by atoms with Gasteiger partial charge in [0.1, 0.15) is 11.2 Å². The van der Waals surface area contributed by atoms with Gasteiger partial charge in [-0.25, -0.2) is 19.9 Å². The lowest BCUT2D eigenvalue weighted by molar-refractivity contribution is 0.672. The second-order valence-corrected chi connectivity index (χ2v) is 13.8. The number of furan rings is 1. The van der Waals surface area contributed by atoms with Crippen molar-refractivity contribution in [3.8, 4) is 56.5 Å². The van der Waals surface area contributed by atoms with Crippen LogP contribution >= 0.6 is 0 Å². The zero-order valence-corrected chi connectivity index (χ0v) is 29.5. The number of hydrogen-bond acceptors (Lipinski definition) is 5. The van der Waals surface area contributed by atoms with E-state index in [1.54, 1.807) is 0 Å². The summed E-state index contributed by atoms with van der Waals surface area (Å²) >= 11 is 0. The first-order valence-corrected chi connectivity index (χ1v) is 18.4. The molecule has 0 fully saturated rings. The zero-order valence-electron chi connectivity index (χ0n) is 29.5. The molecular weight excluding hydrogens is 673 g/mol. The molecule has 3 heterocycles. The Morgan fingerprint density at radius 1 is 0.327 bits per heavy atom. The van der Waals surface area contributed by atoms with Gasteiger partial charge >= 0.3 is 0 Å². The maximum Gasteiger partial charge on any atom is 0.164 e. The van der Waals surface area contributed by atoms with Gasteiger partial charge in [0.05, 0.1) is 16.6 Å². The smallest absolute Gasteiger partial charge is 0.164 e. The topological polar surface area (TPSA) is 64.7 Å². The second-order valence-electron chi connectivity index (χ2n) is 13.8. The second kappa shape index (κ2) is 12.6. The lowest BCUT2D eigenvalue weighted by Gasteiger charge is -2.11. The minimum absolute atomic E-state index is 0.586. The Bertz CT molecular complexity index is 3280. The number of rotatable bonds is 5. The SMILES string of the molecule is c1ccc(-c2nc(-c3cccc(-c4ccc5c(ccc6ccccc65)c4)c3)nc(-c3cccc(-c4nc5ccccc5c5oc6ccccc6c45)c3)n2)cc1. The molecule has 0 amide bonds. The number of nitrogens with zero attached hydrogens (tertiary/aromatic N) is 4. The van der Waals surface area contributed by atoms with E-state index in [9.17, 15) is 0 Å². The van der Waals surface area contributed by atoms with Crippen LogP contribution in [0.5, 0.6) is 0 Å². The van der Waals surface area contributed by atoms with Crippen molar-refractivity contribution in [1.29, 1.82) is 0 Å². The van der Waals surface area contributed by atoms with Crippen LogP contribution in [-0.4, -0.2) is 19.9 Å². The highest BCUT2D eigenvalue weighted by Gasteiger charge is 2.19. The van der Waals surface area contributed by atoms with Crippen LogP contribution in [-0.2, 0) is 0 Å². The third kappa shape index (κ3) is 5.33. The first-order valence-electron chi connectivity index (χ1n) is 18.4. The molecule has 0 aliphatic rings. The summed E-state index contributed by atoms with van der Waals surface area (Å²) in [6, 6.07) is 62.8. The maximum absolute atomic E-state index is 6.48. The molecule has 0 aliphatic carbocycles. The van der Waals surface area contributed by atoms with Crippen molar-refractivity contribution >= 4 is 54.4 Å². The molecule has 0 radical (unpaired) electrons. The highest BCUT2D eigenvalue weighted by atomic mass is 16.3. The Kier molecular flexibility index (Phi) is 7.10. The van der Waals surface area contributed by atoms with Crippen molar-refractivity contribution < 1.29 is 4.42 Å². The van der Waals surface area contributed by atoms with Crippen LogP contribution < -0.4 is 0 Å². The van der Waals surface area contributed by atoms with E-state index in [0.717, 1.165) is 71.9 Å². The number of hydrogen-bond donors (Lipinski definition) is 0. The minimum Gasteiger partial charge on any atom is -0.455 e. The summed E-state index contributed by atoms with van der Waals surface area (Å²) in [7, 11) is 0. The highest BCUT2D eigenvalue weighted by molar-refractivity contribution is 6.19. The monoisotopic (exact) mass is 702 g/mol. The molecule has 0 saturated heterocycles. The first-order chi connectivity index (χ1) is 27.2. The van der Waals surface area contributed by atoms with Gasteiger partial charge in [-0.2, -0.15) is 0 Å². The average molecular weight is 703 g/mol. The lowest BCUT2D eigenvalue weighted by Crippen LogP contribution is -2.00. The molecule has 0 saturated carbocycles. The van der Waals surface area contributed by atoms with Crippen molar-refractivity contribution in [2.75, 3.05) is 0 Å². The number of benzene rings is 8. The van der Waals surface area contributed by atoms with Crippen LogP contribution in [0.3, 0.4) is 0 Å². The number of para-hydroxylation sites is 2. The number of aromatic nitrogens is 4. The van der Waals surface area contributed by atoms with E-state index >= 15 is 0 Å². The molecule has 8 aromatic carbocycles. The van der Waals surface area contributed by atoms with Crippen LogP contribution in [0.25, 0.3) is 111 Å². The van der Waals surface area contributed by atoms with Gasteiger partial charge in [-0.1, -0.05) is 146 Å². The molecule has 0 unspecified atom stereocenters. The summed E-state index contributed by atoms with van der Waals surface area (Å²) in [6.07, 6.45) is 0. The summed E-state index contributed by atoms with van der Waals surface area (Å²) in [5, 5.41) is 7.97. The van der Waals surface area contributed by atoms with Gasteiger partial charge in [0.15, 0.2) is 17.5 Å². The van der Waals surface area contributed by atoms with Crippen molar-refractivity contribution in [2.24, 2.45) is 0 Å². The van der Waals surface area contributed by atoms with Crippen LogP contribution in [0.4, 0.5) is 0 Å². The molecule has 11 rings (SSSR count). The third-order valence-electron chi connectivity index (χ3n) is 10.5. The Morgan fingerprint density at radius 2 is 0.891 bits per heavy atom. The number of fused-ring (bicyclic) bond motifs is 8. The number of pyridine rings is 1. The normalized spacial score (nSPS) is 11.6. The van der Waals surface area contributed by atoms with Crippen molar-refractivity contribution in [3.63, 3.8) is 0 Å². The molecule has 0 atom stereocenters. The lowest BCUT2D eigenvalue weighted by atomic mass is 9.96. The summed E-state index contributed by atoms with van der Waals surface area (Å²) in [5.41, 5.74) is 9.29. The van der Waals surface area contributed by atoms with Gasteiger partial charge < -0.3 is 4.42 Å². The molecule has 3 aromatic heterocycles.